The summed E-state index contributed by atoms with van der Waals surface area (Å²) in [5.74, 6) is 0.770. The molecular weight excluding hydrogens is 222 g/mol. The third-order valence-corrected chi connectivity index (χ3v) is 2.56. The smallest absolute Gasteiger partial charge is 0.182 e. The van der Waals surface area contributed by atoms with Crippen LogP contribution in [-0.4, -0.2) is 4.98 Å². The van der Waals surface area contributed by atoms with Gasteiger partial charge < -0.3 is 4.42 Å². The van der Waals surface area contributed by atoms with E-state index < -0.39 is 0 Å². The summed E-state index contributed by atoms with van der Waals surface area (Å²) in [7, 11) is 0. The van der Waals surface area contributed by atoms with Gasteiger partial charge in [-0.15, -0.1) is 0 Å². The standard InChI is InChI=1S/C16H15NO/c1-3-5-9-13(4-2)15-16(18-12-17-15)14-10-7-6-8-11-14/h3-12H,2H2,1H3/b5-3-,13-9+. The van der Waals surface area contributed by atoms with Gasteiger partial charge >= 0.3 is 0 Å². The van der Waals surface area contributed by atoms with Crippen LogP contribution in [0.5, 0.6) is 0 Å². The maximum atomic E-state index is 5.49. The monoisotopic (exact) mass is 237 g/mol. The van der Waals surface area contributed by atoms with Gasteiger partial charge in [0.15, 0.2) is 12.2 Å². The van der Waals surface area contributed by atoms with E-state index in [9.17, 15) is 0 Å². The summed E-state index contributed by atoms with van der Waals surface area (Å²) >= 11 is 0. The highest BCUT2D eigenvalue weighted by molar-refractivity contribution is 5.81. The molecule has 0 aliphatic carbocycles. The zero-order chi connectivity index (χ0) is 12.8. The fourth-order valence-corrected chi connectivity index (χ4v) is 1.69. The molecule has 2 rings (SSSR count). The van der Waals surface area contributed by atoms with Gasteiger partial charge in [-0.3, -0.25) is 0 Å². The second kappa shape index (κ2) is 5.82. The second-order valence-corrected chi connectivity index (χ2v) is 3.75. The normalized spacial score (nSPS) is 11.9. The molecule has 0 unspecified atom stereocenters. The first-order chi connectivity index (χ1) is 8.86. The summed E-state index contributed by atoms with van der Waals surface area (Å²) < 4.78 is 5.49. The SMILES string of the molecule is C=C/C(=C\C=C/C)c1ncoc1-c1ccccc1. The minimum absolute atomic E-state index is 0.770. The molecule has 0 saturated carbocycles. The van der Waals surface area contributed by atoms with E-state index in [1.165, 1.54) is 6.39 Å². The highest BCUT2D eigenvalue weighted by Crippen LogP contribution is 2.28. The Morgan fingerprint density at radius 1 is 1.28 bits per heavy atom. The van der Waals surface area contributed by atoms with E-state index in [4.69, 9.17) is 4.42 Å². The van der Waals surface area contributed by atoms with E-state index in [1.54, 1.807) is 6.08 Å². The molecule has 0 atom stereocenters. The first kappa shape index (κ1) is 12.1. The van der Waals surface area contributed by atoms with Crippen LogP contribution in [0.15, 0.2) is 72.0 Å². The molecule has 2 heteroatoms. The minimum Gasteiger partial charge on any atom is -0.443 e. The molecule has 18 heavy (non-hydrogen) atoms. The van der Waals surface area contributed by atoms with E-state index in [0.717, 1.165) is 22.6 Å². The molecule has 0 amide bonds. The molecule has 0 fully saturated rings. The fraction of sp³-hybridized carbons (Fsp3) is 0.0625. The van der Waals surface area contributed by atoms with E-state index in [-0.39, 0.29) is 0 Å². The van der Waals surface area contributed by atoms with Crippen molar-refractivity contribution in [3.8, 4) is 11.3 Å². The molecule has 0 saturated heterocycles. The van der Waals surface area contributed by atoms with Crippen molar-refractivity contribution in [2.75, 3.05) is 0 Å². The van der Waals surface area contributed by atoms with Crippen LogP contribution >= 0.6 is 0 Å². The zero-order valence-corrected chi connectivity index (χ0v) is 10.3. The van der Waals surface area contributed by atoms with Crippen molar-refractivity contribution < 1.29 is 4.42 Å². The van der Waals surface area contributed by atoms with Gasteiger partial charge in [0.1, 0.15) is 5.69 Å². The number of hydrogen-bond donors (Lipinski definition) is 0. The lowest BCUT2D eigenvalue weighted by Gasteiger charge is -2.01. The van der Waals surface area contributed by atoms with Gasteiger partial charge in [-0.25, -0.2) is 4.98 Å². The number of allylic oxidation sites excluding steroid dienone is 5. The van der Waals surface area contributed by atoms with E-state index in [2.05, 4.69) is 11.6 Å². The quantitative estimate of drug-likeness (QED) is 0.732. The van der Waals surface area contributed by atoms with E-state index in [0.29, 0.717) is 0 Å². The number of nitrogens with zero attached hydrogens (tertiary/aromatic N) is 1. The predicted octanol–water partition coefficient (Wildman–Crippen LogP) is 4.49. The average Bonchev–Trinajstić information content (AvgIpc) is 2.90. The van der Waals surface area contributed by atoms with Crippen LogP contribution in [0, 0.1) is 0 Å². The van der Waals surface area contributed by atoms with Crippen molar-refractivity contribution in [1.82, 2.24) is 4.98 Å². The van der Waals surface area contributed by atoms with Crippen LogP contribution < -0.4 is 0 Å². The van der Waals surface area contributed by atoms with Crippen LogP contribution in [0.4, 0.5) is 0 Å². The summed E-state index contributed by atoms with van der Waals surface area (Å²) in [4.78, 5) is 4.28. The maximum absolute atomic E-state index is 5.49. The Morgan fingerprint density at radius 3 is 2.72 bits per heavy atom. The van der Waals surface area contributed by atoms with Crippen molar-refractivity contribution in [3.05, 3.63) is 73.3 Å². The molecule has 0 aliphatic heterocycles. The van der Waals surface area contributed by atoms with Crippen molar-refractivity contribution >= 4 is 5.57 Å². The highest BCUT2D eigenvalue weighted by atomic mass is 16.3. The highest BCUT2D eigenvalue weighted by Gasteiger charge is 2.12. The van der Waals surface area contributed by atoms with Gasteiger partial charge in [0, 0.05) is 11.1 Å². The zero-order valence-electron chi connectivity index (χ0n) is 10.3. The van der Waals surface area contributed by atoms with Crippen LogP contribution in [0.25, 0.3) is 16.9 Å². The van der Waals surface area contributed by atoms with Gasteiger partial charge in [-0.2, -0.15) is 0 Å². The summed E-state index contributed by atoms with van der Waals surface area (Å²) in [5, 5.41) is 0. The molecule has 0 spiro atoms. The van der Waals surface area contributed by atoms with Crippen LogP contribution in [0.3, 0.4) is 0 Å². The fourth-order valence-electron chi connectivity index (χ4n) is 1.69. The lowest BCUT2D eigenvalue weighted by atomic mass is 10.1. The molecule has 0 bridgehead atoms. The molecule has 2 aromatic rings. The number of rotatable bonds is 4. The first-order valence-corrected chi connectivity index (χ1v) is 5.81. The lowest BCUT2D eigenvalue weighted by molar-refractivity contribution is 0.572. The lowest BCUT2D eigenvalue weighted by Crippen LogP contribution is -1.85. The number of hydrogen-bond acceptors (Lipinski definition) is 2. The number of aromatic nitrogens is 1. The maximum Gasteiger partial charge on any atom is 0.182 e. The predicted molar refractivity (Wildman–Crippen MR) is 74.9 cm³/mol. The first-order valence-electron chi connectivity index (χ1n) is 5.81. The Balaban J connectivity index is 2.48. The molecule has 90 valence electrons. The summed E-state index contributed by atoms with van der Waals surface area (Å²) in [6, 6.07) is 9.93. The number of benzene rings is 1. The molecular formula is C16H15NO. The molecule has 0 aliphatic rings. The molecule has 0 N–H and O–H groups in total. The van der Waals surface area contributed by atoms with E-state index >= 15 is 0 Å². The van der Waals surface area contributed by atoms with Crippen LogP contribution in [0.2, 0.25) is 0 Å². The van der Waals surface area contributed by atoms with Gasteiger partial charge in [-0.1, -0.05) is 61.2 Å². The Hall–Kier alpha value is -2.35. The Bertz CT molecular complexity index is 576. The summed E-state index contributed by atoms with van der Waals surface area (Å²) in [6.07, 6.45) is 9.14. The van der Waals surface area contributed by atoms with Crippen molar-refractivity contribution in [3.63, 3.8) is 0 Å². The molecule has 2 nitrogen and oxygen atoms in total. The third kappa shape index (κ3) is 2.48. The summed E-state index contributed by atoms with van der Waals surface area (Å²) in [6.45, 7) is 5.79. The Morgan fingerprint density at radius 2 is 2.06 bits per heavy atom. The van der Waals surface area contributed by atoms with Gasteiger partial charge in [-0.05, 0) is 6.92 Å². The van der Waals surface area contributed by atoms with Gasteiger partial charge in [0.25, 0.3) is 0 Å². The Kier molecular flexibility index (Phi) is 3.92. The molecule has 1 aromatic heterocycles. The van der Waals surface area contributed by atoms with E-state index in [1.807, 2.05) is 55.5 Å². The van der Waals surface area contributed by atoms with Crippen molar-refractivity contribution in [1.29, 1.82) is 0 Å². The second-order valence-electron chi connectivity index (χ2n) is 3.75. The number of oxazole rings is 1. The summed E-state index contributed by atoms with van der Waals surface area (Å²) in [5.41, 5.74) is 2.77. The topological polar surface area (TPSA) is 26.0 Å². The third-order valence-electron chi connectivity index (χ3n) is 2.56. The molecule has 1 aromatic carbocycles. The minimum atomic E-state index is 0.770. The van der Waals surface area contributed by atoms with Crippen molar-refractivity contribution in [2.24, 2.45) is 0 Å². The van der Waals surface area contributed by atoms with Crippen LogP contribution in [-0.2, 0) is 0 Å². The average molecular weight is 237 g/mol. The Labute approximate surface area is 107 Å². The molecule has 0 radical (unpaired) electrons. The van der Waals surface area contributed by atoms with Gasteiger partial charge in [0.05, 0.1) is 0 Å². The van der Waals surface area contributed by atoms with Gasteiger partial charge in [0.2, 0.25) is 0 Å². The molecule has 1 heterocycles. The largest absolute Gasteiger partial charge is 0.443 e. The van der Waals surface area contributed by atoms with Crippen molar-refractivity contribution in [2.45, 2.75) is 6.92 Å². The van der Waals surface area contributed by atoms with Crippen LogP contribution in [0.1, 0.15) is 12.6 Å².